The van der Waals surface area contributed by atoms with Crippen LogP contribution in [-0.4, -0.2) is 13.0 Å². The van der Waals surface area contributed by atoms with Gasteiger partial charge in [0.15, 0.2) is 11.5 Å². The summed E-state index contributed by atoms with van der Waals surface area (Å²) in [6, 6.07) is 27.2. The Morgan fingerprint density at radius 3 is 2.18 bits per heavy atom. The van der Waals surface area contributed by atoms with Crippen LogP contribution in [-0.2, 0) is 18.0 Å². The van der Waals surface area contributed by atoms with Gasteiger partial charge in [0.25, 0.3) is 5.91 Å². The highest BCUT2D eigenvalue weighted by Crippen LogP contribution is 2.30. The van der Waals surface area contributed by atoms with E-state index < -0.39 is 5.91 Å². The van der Waals surface area contributed by atoms with Crippen LogP contribution in [0.15, 0.2) is 96.6 Å². The summed E-state index contributed by atoms with van der Waals surface area (Å²) in [6.45, 7) is 0.604. The molecule has 0 unspecified atom stereocenters. The molecule has 0 heterocycles. The van der Waals surface area contributed by atoms with Crippen molar-refractivity contribution in [2.45, 2.75) is 13.2 Å². The van der Waals surface area contributed by atoms with Crippen molar-refractivity contribution >= 4 is 29.3 Å². The first-order valence-corrected chi connectivity index (χ1v) is 12.3. The number of nitriles is 1. The molecule has 196 valence electrons. The van der Waals surface area contributed by atoms with Crippen LogP contribution >= 0.6 is 11.6 Å². The van der Waals surface area contributed by atoms with Crippen LogP contribution in [0.4, 0.5) is 10.1 Å². The fourth-order valence-corrected chi connectivity index (χ4v) is 3.66. The summed E-state index contributed by atoms with van der Waals surface area (Å²) in [7, 11) is 1.49. The topological polar surface area (TPSA) is 80.6 Å². The van der Waals surface area contributed by atoms with Crippen molar-refractivity contribution in [1.82, 2.24) is 0 Å². The Kier molecular flexibility index (Phi) is 9.17. The maximum atomic E-state index is 13.1. The molecule has 4 aromatic carbocycles. The summed E-state index contributed by atoms with van der Waals surface area (Å²) in [5.41, 5.74) is 2.79. The zero-order chi connectivity index (χ0) is 27.6. The molecule has 0 bridgehead atoms. The van der Waals surface area contributed by atoms with Crippen molar-refractivity contribution in [3.05, 3.63) is 124 Å². The molecule has 0 saturated carbocycles. The SMILES string of the molecule is COc1cc(/C=C(\C#N)C(=O)Nc2ccc(OCc3ccc(Cl)cc3)cc2)ccc1OCc1ccc(F)cc1. The highest BCUT2D eigenvalue weighted by molar-refractivity contribution is 6.30. The third-order valence-corrected chi connectivity index (χ3v) is 5.85. The standard InChI is InChI=1S/C31H24ClFN2O4/c1-37-30-17-23(6-15-29(30)39-20-22-4-9-26(33)10-5-22)16-24(18-34)31(36)35-27-11-13-28(14-12-27)38-19-21-2-7-25(32)8-3-21/h2-17H,19-20H2,1H3,(H,35,36)/b24-16+. The number of methoxy groups -OCH3 is 1. The van der Waals surface area contributed by atoms with Gasteiger partial charge in [-0.15, -0.1) is 0 Å². The largest absolute Gasteiger partial charge is 0.493 e. The monoisotopic (exact) mass is 542 g/mol. The predicted molar refractivity (Wildman–Crippen MR) is 148 cm³/mol. The number of amides is 1. The quantitative estimate of drug-likeness (QED) is 0.169. The number of carbonyl (C=O) groups is 1. The molecular formula is C31H24ClFN2O4. The van der Waals surface area contributed by atoms with E-state index in [1.807, 2.05) is 18.2 Å². The second-order valence-corrected chi connectivity index (χ2v) is 8.83. The van der Waals surface area contributed by atoms with E-state index in [0.29, 0.717) is 40.1 Å². The lowest BCUT2D eigenvalue weighted by Crippen LogP contribution is -2.13. The average Bonchev–Trinajstić information content (AvgIpc) is 2.96. The van der Waals surface area contributed by atoms with Gasteiger partial charge in [0.1, 0.15) is 36.4 Å². The molecule has 1 N–H and O–H groups in total. The van der Waals surface area contributed by atoms with Gasteiger partial charge in [-0.1, -0.05) is 41.9 Å². The zero-order valence-corrected chi connectivity index (χ0v) is 21.7. The first kappa shape index (κ1) is 27.2. The lowest BCUT2D eigenvalue weighted by atomic mass is 10.1. The highest BCUT2D eigenvalue weighted by Gasteiger charge is 2.12. The molecule has 0 saturated heterocycles. The fourth-order valence-electron chi connectivity index (χ4n) is 3.53. The summed E-state index contributed by atoms with van der Waals surface area (Å²) in [6.07, 6.45) is 1.46. The number of hydrogen-bond donors (Lipinski definition) is 1. The van der Waals surface area contributed by atoms with Crippen LogP contribution in [0.25, 0.3) is 6.08 Å². The second kappa shape index (κ2) is 13.1. The van der Waals surface area contributed by atoms with Crippen molar-refractivity contribution in [3.8, 4) is 23.3 Å². The van der Waals surface area contributed by atoms with E-state index in [1.165, 1.54) is 25.3 Å². The Bertz CT molecular complexity index is 1500. The molecule has 0 spiro atoms. The van der Waals surface area contributed by atoms with Crippen LogP contribution in [0, 0.1) is 17.1 Å². The van der Waals surface area contributed by atoms with Gasteiger partial charge in [-0.05, 0) is 83.4 Å². The van der Waals surface area contributed by atoms with Crippen molar-refractivity contribution in [2.75, 3.05) is 12.4 Å². The van der Waals surface area contributed by atoms with Crippen molar-refractivity contribution in [2.24, 2.45) is 0 Å². The molecule has 6 nitrogen and oxygen atoms in total. The number of nitrogens with zero attached hydrogens (tertiary/aromatic N) is 1. The van der Waals surface area contributed by atoms with E-state index >= 15 is 0 Å². The maximum Gasteiger partial charge on any atom is 0.266 e. The van der Waals surface area contributed by atoms with Crippen LogP contribution in [0.5, 0.6) is 17.2 Å². The van der Waals surface area contributed by atoms with Crippen LogP contribution in [0.1, 0.15) is 16.7 Å². The molecule has 4 aromatic rings. The van der Waals surface area contributed by atoms with E-state index in [0.717, 1.165) is 11.1 Å². The molecular weight excluding hydrogens is 519 g/mol. The molecule has 0 radical (unpaired) electrons. The molecule has 0 fully saturated rings. The lowest BCUT2D eigenvalue weighted by Gasteiger charge is -2.12. The van der Waals surface area contributed by atoms with Crippen molar-refractivity contribution in [1.29, 1.82) is 5.26 Å². The number of carbonyl (C=O) groups excluding carboxylic acids is 1. The average molecular weight is 543 g/mol. The highest BCUT2D eigenvalue weighted by atomic mass is 35.5. The molecule has 0 aliphatic rings. The summed E-state index contributed by atoms with van der Waals surface area (Å²) in [5, 5.41) is 13.0. The third-order valence-electron chi connectivity index (χ3n) is 5.60. The second-order valence-electron chi connectivity index (χ2n) is 8.39. The van der Waals surface area contributed by atoms with E-state index in [9.17, 15) is 14.4 Å². The van der Waals surface area contributed by atoms with Crippen LogP contribution in [0.3, 0.4) is 0 Å². The van der Waals surface area contributed by atoms with Gasteiger partial charge in [0.05, 0.1) is 7.11 Å². The van der Waals surface area contributed by atoms with Gasteiger partial charge in [-0.3, -0.25) is 4.79 Å². The van der Waals surface area contributed by atoms with Crippen molar-refractivity contribution < 1.29 is 23.4 Å². The van der Waals surface area contributed by atoms with Gasteiger partial charge in [0.2, 0.25) is 0 Å². The van der Waals surface area contributed by atoms with Gasteiger partial charge < -0.3 is 19.5 Å². The summed E-state index contributed by atoms with van der Waals surface area (Å²) in [4.78, 5) is 12.7. The molecule has 0 atom stereocenters. The van der Waals surface area contributed by atoms with Gasteiger partial charge in [0, 0.05) is 10.7 Å². The Labute approximate surface area is 230 Å². The van der Waals surface area contributed by atoms with E-state index in [-0.39, 0.29) is 18.0 Å². The van der Waals surface area contributed by atoms with Gasteiger partial charge in [-0.25, -0.2) is 4.39 Å². The third kappa shape index (κ3) is 7.84. The summed E-state index contributed by atoms with van der Waals surface area (Å²) in [5.74, 6) is 0.662. The van der Waals surface area contributed by atoms with E-state index in [1.54, 1.807) is 66.7 Å². The minimum Gasteiger partial charge on any atom is -0.493 e. The first-order chi connectivity index (χ1) is 18.9. The Morgan fingerprint density at radius 1 is 0.897 bits per heavy atom. The number of hydrogen-bond acceptors (Lipinski definition) is 5. The number of ether oxygens (including phenoxy) is 3. The van der Waals surface area contributed by atoms with Gasteiger partial charge in [-0.2, -0.15) is 5.26 Å². The molecule has 39 heavy (non-hydrogen) atoms. The molecule has 0 aromatic heterocycles. The molecule has 1 amide bonds. The van der Waals surface area contributed by atoms with Crippen LogP contribution < -0.4 is 19.5 Å². The fraction of sp³-hybridized carbons (Fsp3) is 0.0968. The minimum absolute atomic E-state index is 0.0832. The maximum absolute atomic E-state index is 13.1. The normalized spacial score (nSPS) is 10.9. The summed E-state index contributed by atoms with van der Waals surface area (Å²) >= 11 is 5.90. The number of nitrogens with one attached hydrogen (secondary N) is 1. The van der Waals surface area contributed by atoms with Crippen LogP contribution in [0.2, 0.25) is 5.02 Å². The molecule has 0 aliphatic heterocycles. The predicted octanol–water partition coefficient (Wildman–Crippen LogP) is 7.19. The Hall–Kier alpha value is -4.80. The Balaban J connectivity index is 1.37. The van der Waals surface area contributed by atoms with Gasteiger partial charge >= 0.3 is 0 Å². The number of benzene rings is 4. The summed E-state index contributed by atoms with van der Waals surface area (Å²) < 4.78 is 30.1. The number of halogens is 2. The molecule has 8 heteroatoms. The molecule has 4 rings (SSSR count). The minimum atomic E-state index is -0.553. The van der Waals surface area contributed by atoms with E-state index in [4.69, 9.17) is 25.8 Å². The first-order valence-electron chi connectivity index (χ1n) is 11.9. The van der Waals surface area contributed by atoms with Crippen molar-refractivity contribution in [3.63, 3.8) is 0 Å². The van der Waals surface area contributed by atoms with E-state index in [2.05, 4.69) is 5.32 Å². The molecule has 0 aliphatic carbocycles. The number of anilines is 1. The Morgan fingerprint density at radius 2 is 1.54 bits per heavy atom. The zero-order valence-electron chi connectivity index (χ0n) is 21.0. The number of rotatable bonds is 10. The lowest BCUT2D eigenvalue weighted by molar-refractivity contribution is -0.112. The smallest absolute Gasteiger partial charge is 0.266 e.